The largest absolute Gasteiger partial charge is 0.399 e. The molecule has 0 atom stereocenters. The molecule has 3 N–H and O–H groups in total. The first-order chi connectivity index (χ1) is 8.80. The second-order valence-corrected chi connectivity index (χ2v) is 6.00. The molecule has 1 aromatic carbocycles. The maximum Gasteiger partial charge on any atom is 0.246 e. The number of rotatable bonds is 2. The van der Waals surface area contributed by atoms with Crippen LogP contribution < -0.4 is 11.1 Å². The number of halogens is 1. The molecule has 1 heterocycles. The van der Waals surface area contributed by atoms with Crippen molar-refractivity contribution < 1.29 is 9.59 Å². The SMILES string of the molecule is CC1(C)C(=O)NC(=O)CN1Cc1ccc(N)cc1Br. The van der Waals surface area contributed by atoms with Crippen LogP contribution >= 0.6 is 15.9 Å². The number of nitrogens with two attached hydrogens (primary N) is 1. The van der Waals surface area contributed by atoms with Gasteiger partial charge < -0.3 is 5.73 Å². The van der Waals surface area contributed by atoms with Crippen LogP contribution in [0.2, 0.25) is 0 Å². The molecule has 0 aromatic heterocycles. The van der Waals surface area contributed by atoms with Gasteiger partial charge in [-0.1, -0.05) is 22.0 Å². The molecule has 0 saturated carbocycles. The molecular formula is C13H16BrN3O2. The van der Waals surface area contributed by atoms with Gasteiger partial charge in [-0.05, 0) is 31.5 Å². The standard InChI is InChI=1S/C13H16BrN3O2/c1-13(2)12(19)16-11(18)7-17(13)6-8-3-4-9(15)5-10(8)14/h3-5H,6-7,15H2,1-2H3,(H,16,18,19). The van der Waals surface area contributed by atoms with Crippen molar-refractivity contribution in [1.29, 1.82) is 0 Å². The molecule has 2 rings (SSSR count). The zero-order valence-corrected chi connectivity index (χ0v) is 12.5. The van der Waals surface area contributed by atoms with E-state index in [1.54, 1.807) is 19.9 Å². The van der Waals surface area contributed by atoms with Gasteiger partial charge in [-0.2, -0.15) is 0 Å². The molecule has 2 amide bonds. The van der Waals surface area contributed by atoms with Gasteiger partial charge in [-0.25, -0.2) is 0 Å². The molecule has 0 bridgehead atoms. The Morgan fingerprint density at radius 3 is 2.74 bits per heavy atom. The highest BCUT2D eigenvalue weighted by Gasteiger charge is 2.40. The van der Waals surface area contributed by atoms with Crippen LogP contribution in [0.15, 0.2) is 22.7 Å². The Bertz CT molecular complexity index is 543. The average Bonchev–Trinajstić information content (AvgIpc) is 2.29. The van der Waals surface area contributed by atoms with Crippen LogP contribution in [0, 0.1) is 0 Å². The van der Waals surface area contributed by atoms with Gasteiger partial charge in [-0.15, -0.1) is 0 Å². The Labute approximate surface area is 120 Å². The molecule has 1 aromatic rings. The van der Waals surface area contributed by atoms with Crippen LogP contribution in [0.4, 0.5) is 5.69 Å². The van der Waals surface area contributed by atoms with Crippen LogP contribution in [0.3, 0.4) is 0 Å². The summed E-state index contributed by atoms with van der Waals surface area (Å²) in [5.41, 5.74) is 6.64. The zero-order valence-electron chi connectivity index (χ0n) is 10.9. The minimum Gasteiger partial charge on any atom is -0.399 e. The van der Waals surface area contributed by atoms with Crippen molar-refractivity contribution in [3.63, 3.8) is 0 Å². The van der Waals surface area contributed by atoms with Gasteiger partial charge in [0.2, 0.25) is 11.8 Å². The number of carbonyl (C=O) groups excluding carboxylic acids is 2. The number of nitrogen functional groups attached to an aromatic ring is 1. The Hall–Kier alpha value is -1.40. The Balaban J connectivity index is 2.25. The summed E-state index contributed by atoms with van der Waals surface area (Å²) in [5.74, 6) is -0.536. The van der Waals surface area contributed by atoms with Crippen molar-refractivity contribution in [2.45, 2.75) is 25.9 Å². The number of benzene rings is 1. The Morgan fingerprint density at radius 1 is 1.42 bits per heavy atom. The van der Waals surface area contributed by atoms with E-state index in [1.807, 2.05) is 17.0 Å². The number of imide groups is 1. The number of carbonyl (C=O) groups is 2. The van der Waals surface area contributed by atoms with Crippen molar-refractivity contribution in [3.8, 4) is 0 Å². The molecule has 1 saturated heterocycles. The summed E-state index contributed by atoms with van der Waals surface area (Å²) in [6.45, 7) is 4.32. The average molecular weight is 326 g/mol. The lowest BCUT2D eigenvalue weighted by Crippen LogP contribution is -2.63. The van der Waals surface area contributed by atoms with Crippen LogP contribution in [0.25, 0.3) is 0 Å². The molecular weight excluding hydrogens is 310 g/mol. The minimum absolute atomic E-state index is 0.204. The van der Waals surface area contributed by atoms with E-state index < -0.39 is 5.54 Å². The maximum atomic E-state index is 11.9. The number of nitrogens with zero attached hydrogens (tertiary/aromatic N) is 1. The van der Waals surface area contributed by atoms with E-state index in [-0.39, 0.29) is 18.4 Å². The fourth-order valence-corrected chi connectivity index (χ4v) is 2.51. The predicted octanol–water partition coefficient (Wildman–Crippen LogP) is 1.27. The Kier molecular flexibility index (Phi) is 3.64. The molecule has 102 valence electrons. The molecule has 0 unspecified atom stereocenters. The number of piperazine rings is 1. The summed E-state index contributed by atoms with van der Waals surface area (Å²) in [5, 5.41) is 2.36. The third-order valence-electron chi connectivity index (χ3n) is 3.37. The lowest BCUT2D eigenvalue weighted by atomic mass is 9.97. The van der Waals surface area contributed by atoms with Gasteiger partial charge in [0.1, 0.15) is 0 Å². The Morgan fingerprint density at radius 2 is 2.11 bits per heavy atom. The number of anilines is 1. The van der Waals surface area contributed by atoms with E-state index in [0.29, 0.717) is 12.2 Å². The first kappa shape index (κ1) is 14.0. The van der Waals surface area contributed by atoms with Crippen LogP contribution in [0.1, 0.15) is 19.4 Å². The van der Waals surface area contributed by atoms with Crippen LogP contribution in [-0.4, -0.2) is 28.8 Å². The van der Waals surface area contributed by atoms with Gasteiger partial charge in [0.15, 0.2) is 0 Å². The summed E-state index contributed by atoms with van der Waals surface area (Å²) in [4.78, 5) is 25.2. The van der Waals surface area contributed by atoms with E-state index in [9.17, 15) is 9.59 Å². The van der Waals surface area contributed by atoms with Crippen molar-refractivity contribution in [2.24, 2.45) is 0 Å². The fraction of sp³-hybridized carbons (Fsp3) is 0.385. The molecule has 1 aliphatic heterocycles. The van der Waals surface area contributed by atoms with Crippen molar-refractivity contribution in [1.82, 2.24) is 10.2 Å². The number of amides is 2. The third-order valence-corrected chi connectivity index (χ3v) is 4.11. The topological polar surface area (TPSA) is 75.4 Å². The first-order valence-electron chi connectivity index (χ1n) is 5.94. The van der Waals surface area contributed by atoms with Crippen molar-refractivity contribution in [3.05, 3.63) is 28.2 Å². The predicted molar refractivity (Wildman–Crippen MR) is 76.2 cm³/mol. The third kappa shape index (κ3) is 2.79. The second-order valence-electron chi connectivity index (χ2n) is 5.14. The van der Waals surface area contributed by atoms with E-state index in [0.717, 1.165) is 10.0 Å². The maximum absolute atomic E-state index is 11.9. The molecule has 1 fully saturated rings. The smallest absolute Gasteiger partial charge is 0.246 e. The molecule has 5 nitrogen and oxygen atoms in total. The fourth-order valence-electron chi connectivity index (χ4n) is 1.98. The van der Waals surface area contributed by atoms with E-state index in [2.05, 4.69) is 21.2 Å². The highest BCUT2D eigenvalue weighted by Crippen LogP contribution is 2.26. The minimum atomic E-state index is -0.714. The number of nitrogens with one attached hydrogen (secondary N) is 1. The summed E-state index contributed by atoms with van der Waals surface area (Å²) in [7, 11) is 0. The monoisotopic (exact) mass is 325 g/mol. The van der Waals surface area contributed by atoms with Crippen molar-refractivity contribution >= 4 is 33.4 Å². The van der Waals surface area contributed by atoms with Gasteiger partial charge in [0.05, 0.1) is 12.1 Å². The zero-order chi connectivity index (χ0) is 14.2. The lowest BCUT2D eigenvalue weighted by molar-refractivity contribution is -0.145. The molecule has 19 heavy (non-hydrogen) atoms. The highest BCUT2D eigenvalue weighted by atomic mass is 79.9. The van der Waals surface area contributed by atoms with Gasteiger partial charge >= 0.3 is 0 Å². The van der Waals surface area contributed by atoms with Gasteiger partial charge in [-0.3, -0.25) is 19.8 Å². The second kappa shape index (κ2) is 4.94. The summed E-state index contributed by atoms with van der Waals surface area (Å²) in [6.07, 6.45) is 0. The van der Waals surface area contributed by atoms with E-state index >= 15 is 0 Å². The van der Waals surface area contributed by atoms with Crippen LogP contribution in [0.5, 0.6) is 0 Å². The van der Waals surface area contributed by atoms with E-state index in [1.165, 1.54) is 0 Å². The summed E-state index contributed by atoms with van der Waals surface area (Å²) >= 11 is 3.45. The number of hydrogen-bond acceptors (Lipinski definition) is 4. The molecule has 0 radical (unpaired) electrons. The van der Waals surface area contributed by atoms with E-state index in [4.69, 9.17) is 5.73 Å². The lowest BCUT2D eigenvalue weighted by Gasteiger charge is -2.40. The highest BCUT2D eigenvalue weighted by molar-refractivity contribution is 9.10. The normalized spacial score (nSPS) is 19.3. The van der Waals surface area contributed by atoms with Crippen molar-refractivity contribution in [2.75, 3.05) is 12.3 Å². The quantitative estimate of drug-likeness (QED) is 0.634. The molecule has 0 aliphatic carbocycles. The summed E-state index contributed by atoms with van der Waals surface area (Å²) < 4.78 is 0.877. The molecule has 0 spiro atoms. The number of hydrogen-bond donors (Lipinski definition) is 2. The summed E-state index contributed by atoms with van der Waals surface area (Å²) in [6, 6.07) is 5.51. The molecule has 1 aliphatic rings. The molecule has 6 heteroatoms. The van der Waals surface area contributed by atoms with Crippen LogP contribution in [-0.2, 0) is 16.1 Å². The first-order valence-corrected chi connectivity index (χ1v) is 6.73. The van der Waals surface area contributed by atoms with Gasteiger partial charge in [0.25, 0.3) is 0 Å². The van der Waals surface area contributed by atoms with Gasteiger partial charge in [0, 0.05) is 16.7 Å².